The number of hydrogen-bond acceptors (Lipinski definition) is 5. The van der Waals surface area contributed by atoms with Crippen LogP contribution >= 0.6 is 11.6 Å². The minimum absolute atomic E-state index is 0.100. The minimum Gasteiger partial charge on any atom is -0.508 e. The summed E-state index contributed by atoms with van der Waals surface area (Å²) in [6.45, 7) is 4.21. The van der Waals surface area contributed by atoms with Crippen LogP contribution in [0.15, 0.2) is 34.9 Å². The summed E-state index contributed by atoms with van der Waals surface area (Å²) < 4.78 is 6.04. The molecule has 1 aromatic carbocycles. The number of aromatic hydroxyl groups is 1. The zero-order chi connectivity index (χ0) is 24.6. The first-order valence-corrected chi connectivity index (χ1v) is 12.7. The average molecular weight is 486 g/mol. The van der Waals surface area contributed by atoms with Crippen LogP contribution in [-0.2, 0) is 14.2 Å². The number of rotatable bonds is 7. The first-order valence-electron chi connectivity index (χ1n) is 12.3. The van der Waals surface area contributed by atoms with Crippen molar-refractivity contribution < 1.29 is 24.4 Å². The zero-order valence-corrected chi connectivity index (χ0v) is 20.8. The molecular formula is C26H33BClNO5. The number of hydrogen-bond donors (Lipinski definition) is 2. The molecule has 2 N–H and O–H groups in total. The summed E-state index contributed by atoms with van der Waals surface area (Å²) in [5, 5.41) is 20.7. The van der Waals surface area contributed by atoms with E-state index in [-0.39, 0.29) is 35.5 Å². The molecule has 0 aromatic heterocycles. The molecule has 2 saturated heterocycles. The lowest BCUT2D eigenvalue weighted by atomic mass is 9.58. The van der Waals surface area contributed by atoms with Gasteiger partial charge in [0, 0.05) is 7.05 Å². The molecule has 2 heterocycles. The largest absolute Gasteiger partial charge is 0.508 e. The van der Waals surface area contributed by atoms with Crippen molar-refractivity contribution in [3.05, 3.63) is 45.5 Å². The van der Waals surface area contributed by atoms with Crippen molar-refractivity contribution in [3.8, 4) is 5.75 Å². The predicted octanol–water partition coefficient (Wildman–Crippen LogP) is 4.85. The Balaban J connectivity index is 1.60. The van der Waals surface area contributed by atoms with Crippen LogP contribution < -0.4 is 0 Å². The van der Waals surface area contributed by atoms with Gasteiger partial charge in [-0.15, -0.1) is 0 Å². The molecule has 0 unspecified atom stereocenters. The molecule has 4 atom stereocenters. The predicted molar refractivity (Wildman–Crippen MR) is 133 cm³/mol. The van der Waals surface area contributed by atoms with Gasteiger partial charge >= 0.3 is 7.12 Å². The smallest absolute Gasteiger partial charge is 0.455 e. The zero-order valence-electron chi connectivity index (χ0n) is 20.1. The van der Waals surface area contributed by atoms with Gasteiger partial charge in [0.15, 0.2) is 0 Å². The molecule has 34 heavy (non-hydrogen) atoms. The maximum absolute atomic E-state index is 12.9. The molecular weight excluding hydrogens is 453 g/mol. The number of nitrogens with zero attached hydrogens (tertiary/aromatic N) is 1. The number of likely N-dealkylation sites (tertiary alicyclic amines) is 1. The van der Waals surface area contributed by atoms with Gasteiger partial charge in [-0.3, -0.25) is 14.5 Å². The maximum atomic E-state index is 12.9. The average Bonchev–Trinajstić information content (AvgIpc) is 3.02. The number of carbonyl (C=O) groups excluding carboxylic acids is 2. The molecule has 2 fully saturated rings. The second-order valence-electron chi connectivity index (χ2n) is 9.70. The van der Waals surface area contributed by atoms with E-state index < -0.39 is 13.0 Å². The highest BCUT2D eigenvalue weighted by Crippen LogP contribution is 2.51. The Hall–Kier alpha value is -2.09. The van der Waals surface area contributed by atoms with Crippen molar-refractivity contribution in [2.45, 2.75) is 64.8 Å². The lowest BCUT2D eigenvalue weighted by Crippen LogP contribution is -2.46. The summed E-state index contributed by atoms with van der Waals surface area (Å²) >= 11 is 6.33. The van der Waals surface area contributed by atoms with Crippen molar-refractivity contribution in [1.29, 1.82) is 0 Å². The third kappa shape index (κ3) is 4.70. The van der Waals surface area contributed by atoms with Crippen molar-refractivity contribution in [2.24, 2.45) is 17.8 Å². The Labute approximate surface area is 206 Å². The van der Waals surface area contributed by atoms with E-state index in [0.29, 0.717) is 24.2 Å². The van der Waals surface area contributed by atoms with E-state index in [4.69, 9.17) is 16.3 Å². The first-order chi connectivity index (χ1) is 16.2. The van der Waals surface area contributed by atoms with E-state index in [1.807, 2.05) is 6.07 Å². The molecule has 3 aliphatic rings. The number of benzene rings is 1. The van der Waals surface area contributed by atoms with E-state index in [1.54, 1.807) is 13.1 Å². The van der Waals surface area contributed by atoms with Gasteiger partial charge in [0.1, 0.15) is 5.75 Å². The molecule has 1 aromatic rings. The highest BCUT2D eigenvalue weighted by atomic mass is 35.5. The van der Waals surface area contributed by atoms with Gasteiger partial charge in [-0.25, -0.2) is 0 Å². The van der Waals surface area contributed by atoms with Crippen LogP contribution in [0.25, 0.3) is 6.08 Å². The van der Waals surface area contributed by atoms with Crippen molar-refractivity contribution in [2.75, 3.05) is 7.05 Å². The van der Waals surface area contributed by atoms with E-state index in [9.17, 15) is 19.7 Å². The Morgan fingerprint density at radius 2 is 2.00 bits per heavy atom. The Morgan fingerprint density at radius 1 is 1.24 bits per heavy atom. The SMILES string of the molecule is CCC/C(=C\c1ccc(O)cc1Cl)CC[C@H]1OB(O)C[C@H]2C1=C(CC)C[C@H]1C(=O)N(C)C(=O)[C@H]12. The summed E-state index contributed by atoms with van der Waals surface area (Å²) in [5.74, 6) is -0.973. The normalized spacial score (nSPS) is 27.4. The summed E-state index contributed by atoms with van der Waals surface area (Å²) in [4.78, 5) is 26.9. The molecule has 4 rings (SSSR count). The number of amides is 2. The van der Waals surface area contributed by atoms with Crippen LogP contribution in [0.4, 0.5) is 0 Å². The molecule has 0 saturated carbocycles. The van der Waals surface area contributed by atoms with Crippen LogP contribution in [0, 0.1) is 17.8 Å². The summed E-state index contributed by atoms with van der Waals surface area (Å²) in [5.41, 5.74) is 4.40. The van der Waals surface area contributed by atoms with Crippen molar-refractivity contribution >= 4 is 36.6 Å². The Bertz CT molecular complexity index is 1040. The van der Waals surface area contributed by atoms with Crippen LogP contribution in [0.5, 0.6) is 5.75 Å². The van der Waals surface area contributed by atoms with E-state index >= 15 is 0 Å². The lowest BCUT2D eigenvalue weighted by molar-refractivity contribution is -0.138. The van der Waals surface area contributed by atoms with Gasteiger partial charge < -0.3 is 14.8 Å². The van der Waals surface area contributed by atoms with Crippen LogP contribution in [0.2, 0.25) is 11.3 Å². The molecule has 1 aliphatic carbocycles. The quantitative estimate of drug-likeness (QED) is 0.328. The number of allylic oxidation sites excluding steroid dienone is 2. The number of halogens is 1. The van der Waals surface area contributed by atoms with Gasteiger partial charge in [0.25, 0.3) is 0 Å². The summed E-state index contributed by atoms with van der Waals surface area (Å²) in [6.07, 6.45) is 6.86. The number of imide groups is 1. The van der Waals surface area contributed by atoms with Gasteiger partial charge in [0.05, 0.1) is 23.0 Å². The lowest BCUT2D eigenvalue weighted by Gasteiger charge is -2.43. The molecule has 2 aliphatic heterocycles. The second-order valence-corrected chi connectivity index (χ2v) is 10.1. The second kappa shape index (κ2) is 10.3. The Morgan fingerprint density at radius 3 is 2.68 bits per heavy atom. The number of phenols is 1. The van der Waals surface area contributed by atoms with E-state index in [0.717, 1.165) is 36.8 Å². The molecule has 0 bridgehead atoms. The number of fused-ring (bicyclic) bond motifs is 3. The monoisotopic (exact) mass is 485 g/mol. The summed E-state index contributed by atoms with van der Waals surface area (Å²) in [7, 11) is 0.618. The molecule has 0 radical (unpaired) electrons. The maximum Gasteiger partial charge on any atom is 0.455 e. The van der Waals surface area contributed by atoms with Gasteiger partial charge in [-0.2, -0.15) is 0 Å². The third-order valence-corrected chi connectivity index (χ3v) is 7.92. The van der Waals surface area contributed by atoms with Crippen molar-refractivity contribution in [3.63, 3.8) is 0 Å². The fourth-order valence-corrected chi connectivity index (χ4v) is 6.25. The first kappa shape index (κ1) is 25.0. The van der Waals surface area contributed by atoms with Crippen LogP contribution in [-0.4, -0.2) is 47.1 Å². The fourth-order valence-electron chi connectivity index (χ4n) is 6.02. The molecule has 2 amide bonds. The Kier molecular flexibility index (Phi) is 7.55. The highest BCUT2D eigenvalue weighted by molar-refractivity contribution is 6.43. The molecule has 182 valence electrons. The molecule has 8 heteroatoms. The van der Waals surface area contributed by atoms with Crippen LogP contribution in [0.3, 0.4) is 0 Å². The van der Waals surface area contributed by atoms with Gasteiger partial charge in [0.2, 0.25) is 11.8 Å². The van der Waals surface area contributed by atoms with E-state index in [1.165, 1.54) is 22.1 Å². The number of phenolic OH excluding ortho intramolecular Hbond substituents is 1. The topological polar surface area (TPSA) is 87.1 Å². The standard InChI is InChI=1S/C26H33BClNO5/c1-4-6-15(11-17-8-9-18(30)13-21(17)28)7-10-22-23-16(5-2)12-19-24(20(23)14-27(33)34-22)26(32)29(3)25(19)31/h8-9,11,13,19-20,22,24,30,33H,4-7,10,12,14H2,1-3H3/b15-11+/t19-,20+,22-,24-/m1/s1. The third-order valence-electron chi connectivity index (χ3n) is 7.60. The van der Waals surface area contributed by atoms with Crippen molar-refractivity contribution in [1.82, 2.24) is 4.90 Å². The molecule has 6 nitrogen and oxygen atoms in total. The molecule has 0 spiro atoms. The number of carbonyl (C=O) groups is 2. The van der Waals surface area contributed by atoms with Gasteiger partial charge in [-0.1, -0.05) is 49.1 Å². The van der Waals surface area contributed by atoms with Crippen LogP contribution in [0.1, 0.15) is 57.9 Å². The fraction of sp³-hybridized carbons (Fsp3) is 0.538. The van der Waals surface area contributed by atoms with Gasteiger partial charge in [-0.05, 0) is 73.7 Å². The minimum atomic E-state index is -0.949. The van der Waals surface area contributed by atoms with E-state index in [2.05, 4.69) is 19.9 Å². The summed E-state index contributed by atoms with van der Waals surface area (Å²) in [6, 6.07) is 4.97. The highest BCUT2D eigenvalue weighted by Gasteiger charge is 2.56.